The largest absolute Gasteiger partial charge is 0.478 e. The molecule has 12 nitrogen and oxygen atoms in total. The molecule has 2 aromatic rings. The van der Waals surface area contributed by atoms with Gasteiger partial charge in [-0.05, 0) is 50.1 Å². The number of rotatable bonds is 12. The molecule has 1 fully saturated rings. The topological polar surface area (TPSA) is 187 Å². The van der Waals surface area contributed by atoms with Crippen LogP contribution in [-0.2, 0) is 19.2 Å². The monoisotopic (exact) mass is 595 g/mol. The number of ether oxygens (including phenoxy) is 1. The van der Waals surface area contributed by atoms with Crippen LogP contribution < -0.4 is 15.0 Å². The summed E-state index contributed by atoms with van der Waals surface area (Å²) in [7, 11) is 0. The van der Waals surface area contributed by atoms with Gasteiger partial charge in [0, 0.05) is 61.4 Å². The first kappa shape index (κ1) is 34.5. The summed E-state index contributed by atoms with van der Waals surface area (Å²) in [5.41, 5.74) is 0.978. The van der Waals surface area contributed by atoms with Crippen molar-refractivity contribution in [2.24, 2.45) is 0 Å². The smallest absolute Gasteiger partial charge is 0.328 e. The number of nitrogens with zero attached hydrogens (tertiary/aromatic N) is 2. The fourth-order valence-corrected chi connectivity index (χ4v) is 3.54. The fraction of sp³-hybridized carbons (Fsp3) is 0.296. The predicted octanol–water partition coefficient (Wildman–Crippen LogP) is 3.33. The molecular weight excluding hydrogens is 565 g/mol. The number of anilines is 1. The predicted molar refractivity (Wildman–Crippen MR) is 148 cm³/mol. The SMILES string of the molecule is Fc1ccc(N(CCCCOc2ccccn2)[C@H]2CCNC2)cc1Cl.O=C(O)C=CC(=O)O.O=C(O)C=CC(=O)O. The van der Waals surface area contributed by atoms with Gasteiger partial charge in [0.1, 0.15) is 5.82 Å². The van der Waals surface area contributed by atoms with Crippen LogP contribution >= 0.6 is 11.6 Å². The summed E-state index contributed by atoms with van der Waals surface area (Å²) in [6.07, 6.45) is 6.96. The molecule has 0 radical (unpaired) electrons. The minimum absolute atomic E-state index is 0.173. The number of carboxylic acids is 4. The number of hydrogen-bond acceptors (Lipinski definition) is 8. The Labute approximate surface area is 240 Å². The molecule has 3 rings (SSSR count). The summed E-state index contributed by atoms with van der Waals surface area (Å²) in [5.74, 6) is -4.75. The van der Waals surface area contributed by atoms with Gasteiger partial charge in [0.25, 0.3) is 0 Å². The zero-order chi connectivity index (χ0) is 30.6. The average Bonchev–Trinajstić information content (AvgIpc) is 3.46. The lowest BCUT2D eigenvalue weighted by molar-refractivity contribution is -0.134. The van der Waals surface area contributed by atoms with Gasteiger partial charge in [-0.3, -0.25) is 0 Å². The minimum Gasteiger partial charge on any atom is -0.478 e. The van der Waals surface area contributed by atoms with Crippen LogP contribution in [0, 0.1) is 5.82 Å². The lowest BCUT2D eigenvalue weighted by atomic mass is 10.1. The summed E-state index contributed by atoms with van der Waals surface area (Å²) < 4.78 is 19.1. The van der Waals surface area contributed by atoms with E-state index in [1.165, 1.54) is 6.07 Å². The lowest BCUT2D eigenvalue weighted by Crippen LogP contribution is -2.37. The Bertz CT molecular complexity index is 1120. The summed E-state index contributed by atoms with van der Waals surface area (Å²) in [4.78, 5) is 44.7. The van der Waals surface area contributed by atoms with Crippen molar-refractivity contribution >= 4 is 41.2 Å². The Morgan fingerprint density at radius 1 is 0.976 bits per heavy atom. The van der Waals surface area contributed by atoms with E-state index in [1.807, 2.05) is 24.3 Å². The molecule has 0 amide bonds. The highest BCUT2D eigenvalue weighted by Gasteiger charge is 2.23. The van der Waals surface area contributed by atoms with E-state index in [-0.39, 0.29) is 10.8 Å². The van der Waals surface area contributed by atoms with Crippen LogP contribution in [0.5, 0.6) is 5.88 Å². The number of carboxylic acid groups (broad SMARTS) is 4. The normalized spacial score (nSPS) is 14.0. The second-order valence-corrected chi connectivity index (χ2v) is 8.59. The number of aliphatic carboxylic acids is 4. The molecule has 14 heteroatoms. The van der Waals surface area contributed by atoms with Crippen LogP contribution in [0.1, 0.15) is 19.3 Å². The summed E-state index contributed by atoms with van der Waals surface area (Å²) in [6, 6.07) is 11.0. The van der Waals surface area contributed by atoms with Crippen molar-refractivity contribution in [3.05, 3.63) is 77.7 Å². The third-order valence-electron chi connectivity index (χ3n) is 5.13. The van der Waals surface area contributed by atoms with E-state index in [0.717, 1.165) is 44.6 Å². The molecule has 222 valence electrons. The maximum atomic E-state index is 13.5. The molecule has 41 heavy (non-hydrogen) atoms. The molecular formula is C27H31ClFN3O9. The van der Waals surface area contributed by atoms with Crippen molar-refractivity contribution in [1.29, 1.82) is 0 Å². The molecule has 1 atom stereocenters. The van der Waals surface area contributed by atoms with Crippen molar-refractivity contribution in [1.82, 2.24) is 10.3 Å². The Hall–Kier alpha value is -4.49. The van der Waals surface area contributed by atoms with Crippen molar-refractivity contribution in [2.45, 2.75) is 25.3 Å². The molecule has 0 aliphatic carbocycles. The van der Waals surface area contributed by atoms with E-state index >= 15 is 0 Å². The Balaban J connectivity index is 0.000000433. The van der Waals surface area contributed by atoms with Gasteiger partial charge in [0.15, 0.2) is 0 Å². The highest BCUT2D eigenvalue weighted by Crippen LogP contribution is 2.26. The van der Waals surface area contributed by atoms with Gasteiger partial charge in [0.05, 0.1) is 11.6 Å². The van der Waals surface area contributed by atoms with Crippen LogP contribution in [0.15, 0.2) is 66.9 Å². The van der Waals surface area contributed by atoms with E-state index in [9.17, 15) is 23.6 Å². The van der Waals surface area contributed by atoms with Gasteiger partial charge < -0.3 is 35.4 Å². The van der Waals surface area contributed by atoms with Crippen molar-refractivity contribution in [3.63, 3.8) is 0 Å². The van der Waals surface area contributed by atoms with Crippen LogP contribution in [-0.4, -0.2) is 81.6 Å². The highest BCUT2D eigenvalue weighted by atomic mass is 35.5. The number of hydrogen-bond donors (Lipinski definition) is 5. The number of pyridine rings is 1. The molecule has 0 spiro atoms. The number of benzene rings is 1. The molecule has 1 aliphatic rings. The number of nitrogens with one attached hydrogen (secondary N) is 1. The first-order valence-corrected chi connectivity index (χ1v) is 12.6. The Morgan fingerprint density at radius 2 is 1.59 bits per heavy atom. The quantitative estimate of drug-likeness (QED) is 0.178. The second-order valence-electron chi connectivity index (χ2n) is 8.18. The minimum atomic E-state index is -1.26. The molecule has 2 heterocycles. The van der Waals surface area contributed by atoms with Gasteiger partial charge in [-0.15, -0.1) is 0 Å². The molecule has 0 unspecified atom stereocenters. The van der Waals surface area contributed by atoms with Crippen LogP contribution in [0.4, 0.5) is 10.1 Å². The molecule has 1 aliphatic heterocycles. The number of carbonyl (C=O) groups is 4. The molecule has 0 bridgehead atoms. The zero-order valence-corrected chi connectivity index (χ0v) is 22.6. The van der Waals surface area contributed by atoms with Gasteiger partial charge in [-0.2, -0.15) is 0 Å². The summed E-state index contributed by atoms with van der Waals surface area (Å²) in [5, 5.41) is 34.8. The standard InChI is InChI=1S/C19H23ClFN3O.2C4H4O4/c20-17-13-15(6-7-18(17)21)24(16-8-10-22-14-16)11-3-4-12-25-19-5-1-2-9-23-19;2*5-3(6)1-2-4(7)8/h1-2,5-7,9,13,16,22H,3-4,8,10-12,14H2;2*1-2H,(H,5,6)(H,7,8)/t16-;;/m0../s1. The second kappa shape index (κ2) is 19.6. The zero-order valence-electron chi connectivity index (χ0n) is 21.9. The Kier molecular flexibility index (Phi) is 16.5. The third-order valence-corrected chi connectivity index (χ3v) is 5.42. The lowest BCUT2D eigenvalue weighted by Gasteiger charge is -2.31. The fourth-order valence-electron chi connectivity index (χ4n) is 3.37. The number of aromatic nitrogens is 1. The molecule has 1 aromatic heterocycles. The maximum absolute atomic E-state index is 13.5. The van der Waals surface area contributed by atoms with E-state index in [0.29, 0.717) is 42.8 Å². The first-order chi connectivity index (χ1) is 19.5. The molecule has 5 N–H and O–H groups in total. The van der Waals surface area contributed by atoms with Gasteiger partial charge in [-0.1, -0.05) is 17.7 Å². The maximum Gasteiger partial charge on any atom is 0.328 e. The molecule has 1 aromatic carbocycles. The number of halogens is 2. The summed E-state index contributed by atoms with van der Waals surface area (Å²) >= 11 is 5.97. The van der Waals surface area contributed by atoms with Crippen LogP contribution in [0.3, 0.4) is 0 Å². The molecule has 1 saturated heterocycles. The van der Waals surface area contributed by atoms with Gasteiger partial charge in [0.2, 0.25) is 5.88 Å². The van der Waals surface area contributed by atoms with Crippen LogP contribution in [0.2, 0.25) is 5.02 Å². The van der Waals surface area contributed by atoms with Crippen molar-refractivity contribution < 1.29 is 48.7 Å². The van der Waals surface area contributed by atoms with Gasteiger partial charge in [-0.25, -0.2) is 28.6 Å². The average molecular weight is 596 g/mol. The highest BCUT2D eigenvalue weighted by molar-refractivity contribution is 6.31. The third kappa shape index (κ3) is 16.3. The Morgan fingerprint density at radius 3 is 2.05 bits per heavy atom. The molecule has 0 saturated carbocycles. The first-order valence-electron chi connectivity index (χ1n) is 12.2. The van der Waals surface area contributed by atoms with Gasteiger partial charge >= 0.3 is 23.9 Å². The number of unbranched alkanes of at least 4 members (excludes halogenated alkanes) is 1. The van der Waals surface area contributed by atoms with Crippen molar-refractivity contribution in [3.8, 4) is 5.88 Å². The van der Waals surface area contributed by atoms with E-state index < -0.39 is 23.9 Å². The van der Waals surface area contributed by atoms with E-state index in [1.54, 1.807) is 12.3 Å². The van der Waals surface area contributed by atoms with E-state index in [4.69, 9.17) is 36.8 Å². The van der Waals surface area contributed by atoms with Crippen LogP contribution in [0.25, 0.3) is 0 Å². The summed E-state index contributed by atoms with van der Waals surface area (Å²) in [6.45, 7) is 3.48. The van der Waals surface area contributed by atoms with Crippen molar-refractivity contribution in [2.75, 3.05) is 31.1 Å². The van der Waals surface area contributed by atoms with E-state index in [2.05, 4.69) is 15.2 Å².